The van der Waals surface area contributed by atoms with E-state index in [4.69, 9.17) is 4.74 Å². The van der Waals surface area contributed by atoms with Gasteiger partial charge in [-0.15, -0.1) is 0 Å². The van der Waals surface area contributed by atoms with Gasteiger partial charge in [-0.25, -0.2) is 0 Å². The van der Waals surface area contributed by atoms with Gasteiger partial charge in [-0.05, 0) is 43.9 Å². The fourth-order valence-corrected chi connectivity index (χ4v) is 4.11. The molecular formula is C15H27BrO. The number of hydrogen-bond acceptors (Lipinski definition) is 1. The lowest BCUT2D eigenvalue weighted by atomic mass is 9.80. The SMILES string of the molecule is CC1CCC(OCC2(CBr)CCCC2)CC1C. The third-order valence-corrected chi connectivity index (χ3v) is 6.31. The molecule has 0 heterocycles. The van der Waals surface area contributed by atoms with E-state index in [9.17, 15) is 0 Å². The molecule has 0 amide bonds. The second kappa shape index (κ2) is 6.06. The zero-order chi connectivity index (χ0) is 12.3. The molecule has 0 bridgehead atoms. The van der Waals surface area contributed by atoms with Crippen molar-refractivity contribution in [3.8, 4) is 0 Å². The van der Waals surface area contributed by atoms with Gasteiger partial charge >= 0.3 is 0 Å². The molecule has 2 rings (SSSR count). The Hall–Kier alpha value is 0.440. The Morgan fingerprint density at radius 1 is 1.12 bits per heavy atom. The Morgan fingerprint density at radius 2 is 1.82 bits per heavy atom. The highest BCUT2D eigenvalue weighted by molar-refractivity contribution is 9.09. The third-order valence-electron chi connectivity index (χ3n) is 5.12. The lowest BCUT2D eigenvalue weighted by Crippen LogP contribution is -2.32. The quantitative estimate of drug-likeness (QED) is 0.679. The minimum Gasteiger partial charge on any atom is -0.378 e. The molecule has 2 saturated carbocycles. The summed E-state index contributed by atoms with van der Waals surface area (Å²) in [5, 5.41) is 1.12. The van der Waals surface area contributed by atoms with Crippen molar-refractivity contribution >= 4 is 15.9 Å². The Morgan fingerprint density at radius 3 is 2.41 bits per heavy atom. The molecule has 0 aromatic rings. The van der Waals surface area contributed by atoms with Crippen molar-refractivity contribution in [3.05, 3.63) is 0 Å². The number of rotatable bonds is 4. The molecule has 0 radical (unpaired) electrons. The zero-order valence-corrected chi connectivity index (χ0v) is 13.0. The van der Waals surface area contributed by atoms with E-state index in [2.05, 4.69) is 29.8 Å². The lowest BCUT2D eigenvalue weighted by molar-refractivity contribution is -0.0339. The first-order valence-corrected chi connectivity index (χ1v) is 8.45. The summed E-state index contributed by atoms with van der Waals surface area (Å²) in [6, 6.07) is 0. The molecule has 0 aromatic heterocycles. The molecule has 1 nitrogen and oxygen atoms in total. The highest BCUT2D eigenvalue weighted by atomic mass is 79.9. The summed E-state index contributed by atoms with van der Waals surface area (Å²) in [7, 11) is 0. The molecular weight excluding hydrogens is 276 g/mol. The summed E-state index contributed by atoms with van der Waals surface area (Å²) < 4.78 is 6.25. The van der Waals surface area contributed by atoms with E-state index < -0.39 is 0 Å². The molecule has 0 saturated heterocycles. The second-order valence-corrected chi connectivity index (χ2v) is 7.10. The molecule has 2 heteroatoms. The maximum absolute atomic E-state index is 6.25. The monoisotopic (exact) mass is 302 g/mol. The van der Waals surface area contributed by atoms with Crippen LogP contribution in [0.2, 0.25) is 0 Å². The minimum absolute atomic E-state index is 0.465. The van der Waals surface area contributed by atoms with Crippen LogP contribution in [0.1, 0.15) is 58.8 Å². The standard InChI is InChI=1S/C15H27BrO/c1-12-5-6-14(9-13(12)2)17-11-15(10-16)7-3-4-8-15/h12-14H,3-11H2,1-2H3. The highest BCUT2D eigenvalue weighted by Gasteiger charge is 2.34. The summed E-state index contributed by atoms with van der Waals surface area (Å²) in [4.78, 5) is 0. The number of hydrogen-bond donors (Lipinski definition) is 0. The predicted molar refractivity (Wildman–Crippen MR) is 76.6 cm³/mol. The Bertz CT molecular complexity index is 235. The van der Waals surface area contributed by atoms with Crippen LogP contribution in [0, 0.1) is 17.3 Å². The van der Waals surface area contributed by atoms with Gasteiger partial charge in [-0.1, -0.05) is 42.6 Å². The lowest BCUT2D eigenvalue weighted by Gasteiger charge is -2.35. The van der Waals surface area contributed by atoms with Crippen molar-refractivity contribution in [2.75, 3.05) is 11.9 Å². The van der Waals surface area contributed by atoms with Crippen LogP contribution in [0.3, 0.4) is 0 Å². The van der Waals surface area contributed by atoms with Gasteiger partial charge in [-0.2, -0.15) is 0 Å². The maximum Gasteiger partial charge on any atom is 0.0578 e. The van der Waals surface area contributed by atoms with Crippen LogP contribution in [-0.4, -0.2) is 18.0 Å². The van der Waals surface area contributed by atoms with Gasteiger partial charge in [0.25, 0.3) is 0 Å². The van der Waals surface area contributed by atoms with Crippen LogP contribution in [0.25, 0.3) is 0 Å². The maximum atomic E-state index is 6.25. The normalized spacial score (nSPS) is 37.2. The van der Waals surface area contributed by atoms with E-state index in [1.807, 2.05) is 0 Å². The van der Waals surface area contributed by atoms with E-state index >= 15 is 0 Å². The van der Waals surface area contributed by atoms with Gasteiger partial charge in [0.2, 0.25) is 0 Å². The Balaban J connectivity index is 1.78. The van der Waals surface area contributed by atoms with Crippen molar-refractivity contribution < 1.29 is 4.74 Å². The van der Waals surface area contributed by atoms with Crippen LogP contribution in [0.5, 0.6) is 0 Å². The van der Waals surface area contributed by atoms with Crippen LogP contribution in [-0.2, 0) is 4.74 Å². The third kappa shape index (κ3) is 3.47. The summed E-state index contributed by atoms with van der Waals surface area (Å²) in [6.45, 7) is 5.76. The molecule has 0 N–H and O–H groups in total. The molecule has 0 aliphatic heterocycles. The van der Waals surface area contributed by atoms with Gasteiger partial charge in [0.05, 0.1) is 12.7 Å². The number of alkyl halides is 1. The molecule has 3 atom stereocenters. The van der Waals surface area contributed by atoms with Crippen molar-refractivity contribution in [2.24, 2.45) is 17.3 Å². The average Bonchev–Trinajstić information content (AvgIpc) is 2.80. The molecule has 2 aliphatic carbocycles. The summed E-state index contributed by atoms with van der Waals surface area (Å²) in [5.74, 6) is 1.74. The van der Waals surface area contributed by atoms with E-state index in [0.29, 0.717) is 11.5 Å². The smallest absolute Gasteiger partial charge is 0.0578 e. The van der Waals surface area contributed by atoms with Crippen LogP contribution < -0.4 is 0 Å². The number of halogens is 1. The van der Waals surface area contributed by atoms with Crippen molar-refractivity contribution in [1.29, 1.82) is 0 Å². The van der Waals surface area contributed by atoms with Crippen molar-refractivity contribution in [1.82, 2.24) is 0 Å². The molecule has 3 unspecified atom stereocenters. The van der Waals surface area contributed by atoms with E-state index in [1.165, 1.54) is 44.9 Å². The van der Waals surface area contributed by atoms with Crippen molar-refractivity contribution in [2.45, 2.75) is 64.9 Å². The average molecular weight is 303 g/mol. The fourth-order valence-electron chi connectivity index (χ4n) is 3.39. The molecule has 0 aromatic carbocycles. The summed E-state index contributed by atoms with van der Waals surface area (Å²) in [5.41, 5.74) is 0.465. The van der Waals surface area contributed by atoms with E-state index in [1.54, 1.807) is 0 Å². The van der Waals surface area contributed by atoms with Crippen LogP contribution >= 0.6 is 15.9 Å². The first kappa shape index (κ1) is 13.9. The predicted octanol–water partition coefficient (Wildman–Crippen LogP) is 4.78. The Labute approximate surface area is 115 Å². The minimum atomic E-state index is 0.465. The summed E-state index contributed by atoms with van der Waals surface area (Å²) >= 11 is 3.70. The second-order valence-electron chi connectivity index (χ2n) is 6.54. The van der Waals surface area contributed by atoms with Gasteiger partial charge < -0.3 is 4.74 Å². The first-order chi connectivity index (χ1) is 8.15. The molecule has 2 aliphatic rings. The van der Waals surface area contributed by atoms with Crippen molar-refractivity contribution in [3.63, 3.8) is 0 Å². The van der Waals surface area contributed by atoms with E-state index in [0.717, 1.165) is 23.8 Å². The molecule has 17 heavy (non-hydrogen) atoms. The van der Waals surface area contributed by atoms with Crippen LogP contribution in [0.15, 0.2) is 0 Å². The topological polar surface area (TPSA) is 9.23 Å². The van der Waals surface area contributed by atoms with E-state index in [-0.39, 0.29) is 0 Å². The zero-order valence-electron chi connectivity index (χ0n) is 11.4. The van der Waals surface area contributed by atoms with Gasteiger partial charge in [0.15, 0.2) is 0 Å². The van der Waals surface area contributed by atoms with Gasteiger partial charge in [0.1, 0.15) is 0 Å². The molecule has 2 fully saturated rings. The van der Waals surface area contributed by atoms with Crippen LogP contribution in [0.4, 0.5) is 0 Å². The largest absolute Gasteiger partial charge is 0.378 e. The summed E-state index contributed by atoms with van der Waals surface area (Å²) in [6.07, 6.45) is 9.96. The van der Waals surface area contributed by atoms with Gasteiger partial charge in [0, 0.05) is 10.7 Å². The molecule has 100 valence electrons. The first-order valence-electron chi connectivity index (χ1n) is 7.33. The molecule has 0 spiro atoms. The van der Waals surface area contributed by atoms with Gasteiger partial charge in [-0.3, -0.25) is 0 Å². The Kier molecular flexibility index (Phi) is 4.94. The highest BCUT2D eigenvalue weighted by Crippen LogP contribution is 2.41. The fraction of sp³-hybridized carbons (Fsp3) is 1.00. The number of ether oxygens (including phenoxy) is 1.